The summed E-state index contributed by atoms with van der Waals surface area (Å²) in [4.78, 5) is 12.1. The number of halogens is 1. The number of para-hydroxylation sites is 1. The molecule has 6 nitrogen and oxygen atoms in total. The Bertz CT molecular complexity index is 1030. The highest BCUT2D eigenvalue weighted by atomic mass is 32.2. The lowest BCUT2D eigenvalue weighted by Gasteiger charge is -2.11. The molecule has 0 saturated carbocycles. The van der Waals surface area contributed by atoms with E-state index in [-0.39, 0.29) is 29.8 Å². The van der Waals surface area contributed by atoms with Crippen LogP contribution in [0.5, 0.6) is 0 Å². The smallest absolute Gasteiger partial charge is 0.240 e. The van der Waals surface area contributed by atoms with Gasteiger partial charge in [-0.25, -0.2) is 17.5 Å². The molecule has 0 aliphatic rings. The van der Waals surface area contributed by atoms with Crippen molar-refractivity contribution in [3.05, 3.63) is 66.2 Å². The van der Waals surface area contributed by atoms with E-state index >= 15 is 0 Å². The SMILES string of the molecule is C[C@H](NC(=O)CCCNS(=O)(=O)c1ccc(F)cc1)c1cc2ccccc2o1. The van der Waals surface area contributed by atoms with E-state index in [9.17, 15) is 17.6 Å². The van der Waals surface area contributed by atoms with Crippen LogP contribution < -0.4 is 10.0 Å². The third kappa shape index (κ3) is 4.96. The van der Waals surface area contributed by atoms with Crippen molar-refractivity contribution in [3.8, 4) is 0 Å². The van der Waals surface area contributed by atoms with Crippen LogP contribution in [0.4, 0.5) is 4.39 Å². The van der Waals surface area contributed by atoms with Crippen LogP contribution in [-0.4, -0.2) is 20.9 Å². The van der Waals surface area contributed by atoms with Crippen molar-refractivity contribution in [3.63, 3.8) is 0 Å². The minimum atomic E-state index is -3.72. The average molecular weight is 404 g/mol. The molecule has 3 rings (SSSR count). The summed E-state index contributed by atoms with van der Waals surface area (Å²) in [5.41, 5.74) is 0.758. The predicted molar refractivity (Wildman–Crippen MR) is 104 cm³/mol. The van der Waals surface area contributed by atoms with Gasteiger partial charge in [0.1, 0.15) is 17.2 Å². The number of hydrogen-bond acceptors (Lipinski definition) is 4. The van der Waals surface area contributed by atoms with Gasteiger partial charge in [-0.3, -0.25) is 4.79 Å². The molecule has 1 atom stereocenters. The van der Waals surface area contributed by atoms with Crippen LogP contribution >= 0.6 is 0 Å². The highest BCUT2D eigenvalue weighted by Crippen LogP contribution is 2.23. The van der Waals surface area contributed by atoms with Crippen molar-refractivity contribution in [1.82, 2.24) is 10.0 Å². The van der Waals surface area contributed by atoms with E-state index in [0.717, 1.165) is 23.1 Å². The van der Waals surface area contributed by atoms with Crippen molar-refractivity contribution in [1.29, 1.82) is 0 Å². The Morgan fingerprint density at radius 3 is 2.57 bits per heavy atom. The molecule has 2 aromatic carbocycles. The largest absolute Gasteiger partial charge is 0.459 e. The van der Waals surface area contributed by atoms with Gasteiger partial charge in [-0.15, -0.1) is 0 Å². The zero-order valence-corrected chi connectivity index (χ0v) is 16.1. The lowest BCUT2D eigenvalue weighted by atomic mass is 10.2. The van der Waals surface area contributed by atoms with Crippen molar-refractivity contribution in [2.24, 2.45) is 0 Å². The normalized spacial score (nSPS) is 12.8. The van der Waals surface area contributed by atoms with E-state index in [1.165, 1.54) is 12.1 Å². The molecular weight excluding hydrogens is 383 g/mol. The molecule has 0 aliphatic heterocycles. The molecule has 2 N–H and O–H groups in total. The lowest BCUT2D eigenvalue weighted by molar-refractivity contribution is -0.121. The Labute approximate surface area is 162 Å². The van der Waals surface area contributed by atoms with Gasteiger partial charge in [0.2, 0.25) is 15.9 Å². The molecule has 0 aliphatic carbocycles. The molecule has 0 fully saturated rings. The zero-order chi connectivity index (χ0) is 20.1. The van der Waals surface area contributed by atoms with Crippen molar-refractivity contribution in [2.75, 3.05) is 6.54 Å². The number of carbonyl (C=O) groups is 1. The maximum Gasteiger partial charge on any atom is 0.240 e. The number of benzene rings is 2. The van der Waals surface area contributed by atoms with Crippen molar-refractivity contribution in [2.45, 2.75) is 30.7 Å². The number of rotatable bonds is 8. The third-order valence-corrected chi connectivity index (χ3v) is 5.72. The molecule has 8 heteroatoms. The van der Waals surface area contributed by atoms with Crippen LogP contribution in [0.2, 0.25) is 0 Å². The molecule has 0 bridgehead atoms. The summed E-state index contributed by atoms with van der Waals surface area (Å²) in [5.74, 6) is -0.0466. The van der Waals surface area contributed by atoms with Gasteiger partial charge in [0.05, 0.1) is 10.9 Å². The van der Waals surface area contributed by atoms with Gasteiger partial charge in [-0.05, 0) is 49.7 Å². The van der Waals surface area contributed by atoms with Crippen LogP contribution in [0, 0.1) is 5.82 Å². The molecule has 0 spiro atoms. The van der Waals surface area contributed by atoms with E-state index in [0.29, 0.717) is 12.2 Å². The summed E-state index contributed by atoms with van der Waals surface area (Å²) < 4.78 is 45.2. The van der Waals surface area contributed by atoms with Crippen molar-refractivity contribution >= 4 is 26.9 Å². The summed E-state index contributed by atoms with van der Waals surface area (Å²) in [7, 11) is -3.72. The fourth-order valence-electron chi connectivity index (χ4n) is 2.75. The number of nitrogens with one attached hydrogen (secondary N) is 2. The highest BCUT2D eigenvalue weighted by Gasteiger charge is 2.16. The van der Waals surface area contributed by atoms with Crippen LogP contribution in [-0.2, 0) is 14.8 Å². The Balaban J connectivity index is 1.45. The molecule has 1 amide bonds. The quantitative estimate of drug-likeness (QED) is 0.563. The van der Waals surface area contributed by atoms with Gasteiger partial charge in [0.15, 0.2) is 0 Å². The molecule has 1 aromatic heterocycles. The Morgan fingerprint density at radius 1 is 1.14 bits per heavy atom. The molecule has 0 unspecified atom stereocenters. The standard InChI is InChI=1S/C20H21FN2O4S/c1-14(19-13-15-5-2-3-6-18(15)27-19)23-20(24)7-4-12-22-28(25,26)17-10-8-16(21)9-11-17/h2-3,5-6,8-11,13-14,22H,4,7,12H2,1H3,(H,23,24)/t14-/m0/s1. The average Bonchev–Trinajstić information content (AvgIpc) is 3.10. The summed E-state index contributed by atoms with van der Waals surface area (Å²) in [5, 5.41) is 3.81. The van der Waals surface area contributed by atoms with Crippen LogP contribution in [0.1, 0.15) is 31.6 Å². The molecule has 3 aromatic rings. The first-order valence-electron chi connectivity index (χ1n) is 8.88. The maximum atomic E-state index is 12.9. The second-order valence-electron chi connectivity index (χ2n) is 6.43. The summed E-state index contributed by atoms with van der Waals surface area (Å²) in [6, 6.07) is 13.7. The van der Waals surface area contributed by atoms with Crippen LogP contribution in [0.25, 0.3) is 11.0 Å². The molecule has 0 radical (unpaired) electrons. The first-order chi connectivity index (χ1) is 13.3. The maximum absolute atomic E-state index is 12.9. The van der Waals surface area contributed by atoms with Gasteiger partial charge in [-0.1, -0.05) is 18.2 Å². The number of hydrogen-bond donors (Lipinski definition) is 2. The van der Waals surface area contributed by atoms with E-state index in [2.05, 4.69) is 10.0 Å². The van der Waals surface area contributed by atoms with Gasteiger partial charge in [0.25, 0.3) is 0 Å². The number of sulfonamides is 1. The molecule has 1 heterocycles. The molecular formula is C20H21FN2O4S. The second kappa shape index (κ2) is 8.53. The Morgan fingerprint density at radius 2 is 1.86 bits per heavy atom. The van der Waals surface area contributed by atoms with E-state index < -0.39 is 15.8 Å². The fourth-order valence-corrected chi connectivity index (χ4v) is 3.83. The molecule has 0 saturated heterocycles. The minimum absolute atomic E-state index is 0.0168. The van der Waals surface area contributed by atoms with Crippen LogP contribution in [0.3, 0.4) is 0 Å². The van der Waals surface area contributed by atoms with Gasteiger partial charge < -0.3 is 9.73 Å². The first kappa shape index (κ1) is 20.0. The van der Waals surface area contributed by atoms with Gasteiger partial charge >= 0.3 is 0 Å². The van der Waals surface area contributed by atoms with Gasteiger partial charge in [0, 0.05) is 18.4 Å². The summed E-state index contributed by atoms with van der Waals surface area (Å²) >= 11 is 0. The predicted octanol–water partition coefficient (Wildman–Crippen LogP) is 3.51. The summed E-state index contributed by atoms with van der Waals surface area (Å²) in [6.07, 6.45) is 0.496. The third-order valence-electron chi connectivity index (χ3n) is 4.25. The Kier molecular flexibility index (Phi) is 6.11. The number of furan rings is 1. The zero-order valence-electron chi connectivity index (χ0n) is 15.3. The molecule has 148 valence electrons. The van der Waals surface area contributed by atoms with E-state index in [4.69, 9.17) is 4.42 Å². The van der Waals surface area contributed by atoms with Crippen molar-refractivity contribution < 1.29 is 22.0 Å². The summed E-state index contributed by atoms with van der Waals surface area (Å²) in [6.45, 7) is 1.93. The number of amides is 1. The van der Waals surface area contributed by atoms with E-state index in [1.807, 2.05) is 37.3 Å². The highest BCUT2D eigenvalue weighted by molar-refractivity contribution is 7.89. The Hall–Kier alpha value is -2.71. The molecule has 28 heavy (non-hydrogen) atoms. The number of carbonyl (C=O) groups excluding carboxylic acids is 1. The number of fused-ring (bicyclic) bond motifs is 1. The second-order valence-corrected chi connectivity index (χ2v) is 8.20. The van der Waals surface area contributed by atoms with Crippen LogP contribution in [0.15, 0.2) is 63.9 Å². The monoisotopic (exact) mass is 404 g/mol. The van der Waals surface area contributed by atoms with Gasteiger partial charge in [-0.2, -0.15) is 0 Å². The fraction of sp³-hybridized carbons (Fsp3) is 0.250. The lowest BCUT2D eigenvalue weighted by Crippen LogP contribution is -2.29. The minimum Gasteiger partial charge on any atom is -0.459 e. The first-order valence-corrected chi connectivity index (χ1v) is 10.4. The van der Waals surface area contributed by atoms with E-state index in [1.54, 1.807) is 0 Å². The topological polar surface area (TPSA) is 88.4 Å².